The Morgan fingerprint density at radius 3 is 2.75 bits per heavy atom. The van der Waals surface area contributed by atoms with Gasteiger partial charge in [0.15, 0.2) is 0 Å². The summed E-state index contributed by atoms with van der Waals surface area (Å²) in [5.74, 6) is -1.01. The van der Waals surface area contributed by atoms with Gasteiger partial charge in [0.2, 0.25) is 0 Å². The van der Waals surface area contributed by atoms with Crippen LogP contribution in [0.4, 0.5) is 0 Å². The number of rotatable bonds is 4. The molecule has 0 aliphatic heterocycles. The van der Waals surface area contributed by atoms with E-state index in [9.17, 15) is 9.90 Å². The third-order valence-corrected chi connectivity index (χ3v) is 4.71. The van der Waals surface area contributed by atoms with Crippen molar-refractivity contribution in [3.8, 4) is 10.4 Å². The maximum atomic E-state index is 11.1. The summed E-state index contributed by atoms with van der Waals surface area (Å²) in [5, 5.41) is 31.1. The standard InChI is InChI=1S/C15H14O4S/c16-6-1-5-15(19)11-4-7-20-13(11)10-3-2-9(14(17)18)8-12(10)15/h2-4,7-8,16,19H,1,5-6H2,(H,17,18). The molecule has 0 bridgehead atoms. The summed E-state index contributed by atoms with van der Waals surface area (Å²) in [7, 11) is 0. The van der Waals surface area contributed by atoms with Crippen molar-refractivity contribution in [2.24, 2.45) is 0 Å². The largest absolute Gasteiger partial charge is 0.478 e. The molecule has 1 aliphatic rings. The van der Waals surface area contributed by atoms with Gasteiger partial charge in [-0.2, -0.15) is 0 Å². The van der Waals surface area contributed by atoms with E-state index in [1.54, 1.807) is 18.2 Å². The van der Waals surface area contributed by atoms with Gasteiger partial charge in [-0.3, -0.25) is 0 Å². The molecular formula is C15H14O4S. The van der Waals surface area contributed by atoms with Crippen molar-refractivity contribution in [2.75, 3.05) is 6.61 Å². The maximum Gasteiger partial charge on any atom is 0.335 e. The average molecular weight is 290 g/mol. The molecule has 1 aromatic heterocycles. The number of carboxylic acids is 1. The molecule has 5 heteroatoms. The first kappa shape index (κ1) is 13.3. The van der Waals surface area contributed by atoms with Crippen LogP contribution < -0.4 is 0 Å². The zero-order valence-electron chi connectivity index (χ0n) is 10.7. The van der Waals surface area contributed by atoms with Crippen LogP contribution in [0.5, 0.6) is 0 Å². The Balaban J connectivity index is 2.18. The molecule has 1 heterocycles. The average Bonchev–Trinajstić information content (AvgIpc) is 3.00. The first-order valence-corrected chi connectivity index (χ1v) is 7.25. The van der Waals surface area contributed by atoms with Crippen LogP contribution in [-0.4, -0.2) is 27.9 Å². The highest BCUT2D eigenvalue weighted by Crippen LogP contribution is 2.52. The second kappa shape index (κ2) is 4.70. The Labute approximate surface area is 119 Å². The van der Waals surface area contributed by atoms with E-state index in [1.165, 1.54) is 11.3 Å². The zero-order chi connectivity index (χ0) is 14.3. The molecule has 1 unspecified atom stereocenters. The number of carboxylic acid groups (broad SMARTS) is 1. The number of fused-ring (bicyclic) bond motifs is 3. The van der Waals surface area contributed by atoms with Gasteiger partial charge in [0.25, 0.3) is 0 Å². The maximum absolute atomic E-state index is 11.1. The highest BCUT2D eigenvalue weighted by Gasteiger charge is 2.42. The summed E-state index contributed by atoms with van der Waals surface area (Å²) in [6.45, 7) is -0.00423. The summed E-state index contributed by atoms with van der Waals surface area (Å²) in [4.78, 5) is 12.1. The van der Waals surface area contributed by atoms with E-state index in [0.29, 0.717) is 18.4 Å². The number of aliphatic hydroxyl groups is 2. The summed E-state index contributed by atoms with van der Waals surface area (Å²) < 4.78 is 0. The molecule has 1 aliphatic carbocycles. The van der Waals surface area contributed by atoms with Gasteiger partial charge in [0.1, 0.15) is 5.60 Å². The number of thiophene rings is 1. The molecule has 2 aromatic rings. The van der Waals surface area contributed by atoms with Crippen LogP contribution >= 0.6 is 11.3 Å². The molecule has 1 aromatic carbocycles. The Morgan fingerprint density at radius 1 is 1.25 bits per heavy atom. The van der Waals surface area contributed by atoms with Crippen LogP contribution in [0.15, 0.2) is 29.6 Å². The minimum absolute atomic E-state index is 0.00423. The topological polar surface area (TPSA) is 77.8 Å². The number of hydrogen-bond acceptors (Lipinski definition) is 4. The van der Waals surface area contributed by atoms with Gasteiger partial charge in [-0.1, -0.05) is 6.07 Å². The van der Waals surface area contributed by atoms with Crippen molar-refractivity contribution in [2.45, 2.75) is 18.4 Å². The molecule has 0 amide bonds. The van der Waals surface area contributed by atoms with Crippen LogP contribution in [0.2, 0.25) is 0 Å². The fraction of sp³-hybridized carbons (Fsp3) is 0.267. The van der Waals surface area contributed by atoms with Gasteiger partial charge in [-0.05, 0) is 47.5 Å². The number of aromatic carboxylic acids is 1. The number of hydrogen-bond donors (Lipinski definition) is 3. The first-order chi connectivity index (χ1) is 9.58. The van der Waals surface area contributed by atoms with E-state index in [0.717, 1.165) is 16.0 Å². The quantitative estimate of drug-likeness (QED) is 0.808. The highest BCUT2D eigenvalue weighted by molar-refractivity contribution is 7.13. The predicted octanol–water partition coefficient (Wildman–Crippen LogP) is 2.44. The van der Waals surface area contributed by atoms with E-state index >= 15 is 0 Å². The molecule has 4 nitrogen and oxygen atoms in total. The second-order valence-corrected chi connectivity index (χ2v) is 5.83. The molecule has 3 rings (SSSR count). The van der Waals surface area contributed by atoms with E-state index in [-0.39, 0.29) is 12.2 Å². The molecule has 1 atom stereocenters. The number of benzene rings is 1. The monoisotopic (exact) mass is 290 g/mol. The molecule has 0 saturated carbocycles. The zero-order valence-corrected chi connectivity index (χ0v) is 11.5. The van der Waals surface area contributed by atoms with E-state index in [1.807, 2.05) is 11.4 Å². The third kappa shape index (κ3) is 1.78. The van der Waals surface area contributed by atoms with Crippen molar-refractivity contribution in [3.63, 3.8) is 0 Å². The fourth-order valence-electron chi connectivity index (χ4n) is 2.81. The van der Waals surface area contributed by atoms with Gasteiger partial charge < -0.3 is 15.3 Å². The van der Waals surface area contributed by atoms with Crippen molar-refractivity contribution in [3.05, 3.63) is 46.3 Å². The lowest BCUT2D eigenvalue weighted by Crippen LogP contribution is -2.25. The Kier molecular flexibility index (Phi) is 3.12. The minimum Gasteiger partial charge on any atom is -0.478 e. The third-order valence-electron chi connectivity index (χ3n) is 3.76. The van der Waals surface area contributed by atoms with Crippen LogP contribution in [0, 0.1) is 0 Å². The van der Waals surface area contributed by atoms with E-state index in [2.05, 4.69) is 0 Å². The normalized spacial score (nSPS) is 19.7. The van der Waals surface area contributed by atoms with Gasteiger partial charge in [-0.15, -0.1) is 11.3 Å². The lowest BCUT2D eigenvalue weighted by atomic mass is 9.87. The van der Waals surface area contributed by atoms with Gasteiger partial charge in [-0.25, -0.2) is 4.79 Å². The van der Waals surface area contributed by atoms with Gasteiger partial charge in [0.05, 0.1) is 5.56 Å². The number of aliphatic hydroxyl groups excluding tert-OH is 1. The molecular weight excluding hydrogens is 276 g/mol. The molecule has 0 spiro atoms. The van der Waals surface area contributed by atoms with Crippen molar-refractivity contribution < 1.29 is 20.1 Å². The molecule has 20 heavy (non-hydrogen) atoms. The molecule has 3 N–H and O–H groups in total. The van der Waals surface area contributed by atoms with Crippen molar-refractivity contribution >= 4 is 17.3 Å². The van der Waals surface area contributed by atoms with Gasteiger partial charge >= 0.3 is 5.97 Å². The van der Waals surface area contributed by atoms with Crippen molar-refractivity contribution in [1.29, 1.82) is 0 Å². The minimum atomic E-state index is -1.20. The smallest absolute Gasteiger partial charge is 0.335 e. The predicted molar refractivity (Wildman–Crippen MR) is 76.0 cm³/mol. The van der Waals surface area contributed by atoms with Gasteiger partial charge in [0, 0.05) is 17.0 Å². The summed E-state index contributed by atoms with van der Waals surface area (Å²) >= 11 is 1.53. The fourth-order valence-corrected chi connectivity index (χ4v) is 3.82. The SMILES string of the molecule is O=C(O)c1ccc2c(c1)C(O)(CCCO)c1ccsc1-2. The van der Waals surface area contributed by atoms with E-state index < -0.39 is 11.6 Å². The van der Waals surface area contributed by atoms with Crippen LogP contribution in [0.25, 0.3) is 10.4 Å². The summed E-state index contributed by atoms with van der Waals surface area (Å²) in [6.07, 6.45) is 0.839. The summed E-state index contributed by atoms with van der Waals surface area (Å²) in [6, 6.07) is 6.73. The molecule has 104 valence electrons. The molecule has 0 radical (unpaired) electrons. The van der Waals surface area contributed by atoms with Crippen molar-refractivity contribution in [1.82, 2.24) is 0 Å². The lowest BCUT2D eigenvalue weighted by molar-refractivity contribution is 0.0662. The number of carbonyl (C=O) groups is 1. The van der Waals surface area contributed by atoms with Crippen LogP contribution in [0.3, 0.4) is 0 Å². The first-order valence-electron chi connectivity index (χ1n) is 6.37. The molecule has 0 saturated heterocycles. The van der Waals surface area contributed by atoms with Crippen LogP contribution in [0.1, 0.15) is 34.3 Å². The second-order valence-electron chi connectivity index (χ2n) is 4.92. The Hall–Kier alpha value is -1.69. The lowest BCUT2D eigenvalue weighted by Gasteiger charge is -2.25. The Bertz CT molecular complexity index is 676. The van der Waals surface area contributed by atoms with Crippen LogP contribution in [-0.2, 0) is 5.60 Å². The van der Waals surface area contributed by atoms with E-state index in [4.69, 9.17) is 10.2 Å². The molecule has 0 fully saturated rings. The Morgan fingerprint density at radius 2 is 2.05 bits per heavy atom. The summed E-state index contributed by atoms with van der Waals surface area (Å²) in [5.41, 5.74) is 1.31. The highest BCUT2D eigenvalue weighted by atomic mass is 32.1.